The van der Waals surface area contributed by atoms with Crippen molar-refractivity contribution in [3.8, 4) is 5.75 Å². The smallest absolute Gasteiger partial charge is 0.422 e. The van der Waals surface area contributed by atoms with E-state index in [4.69, 9.17) is 27.9 Å². The van der Waals surface area contributed by atoms with Crippen LogP contribution in [0.2, 0.25) is 10.2 Å². The van der Waals surface area contributed by atoms with Gasteiger partial charge in [0.15, 0.2) is 16.7 Å². The van der Waals surface area contributed by atoms with Crippen LogP contribution in [0.1, 0.15) is 11.3 Å². The van der Waals surface area contributed by atoms with Crippen molar-refractivity contribution in [3.63, 3.8) is 0 Å². The molecule has 0 radical (unpaired) electrons. The third-order valence-electron chi connectivity index (χ3n) is 3.74. The van der Waals surface area contributed by atoms with Gasteiger partial charge in [-0.05, 0) is 23.8 Å². The summed E-state index contributed by atoms with van der Waals surface area (Å²) in [5.74, 6) is -1.34. The Bertz CT molecular complexity index is 1130. The maximum Gasteiger partial charge on any atom is 0.422 e. The number of carbonyl (C=O) groups is 2. The zero-order chi connectivity index (χ0) is 19.1. The third-order valence-corrected chi connectivity index (χ3v) is 4.39. The molecule has 10 nitrogen and oxygen atoms in total. The average Bonchev–Trinajstić information content (AvgIpc) is 3.21. The summed E-state index contributed by atoms with van der Waals surface area (Å²) in [7, 11) is 0. The molecule has 0 unspecified atom stereocenters. The second-order valence-corrected chi connectivity index (χ2v) is 6.19. The van der Waals surface area contributed by atoms with Gasteiger partial charge in [0.25, 0.3) is 5.91 Å². The number of hydrogen-bond donors (Lipinski definition) is 2. The largest absolute Gasteiger partial charge is 0.504 e. The van der Waals surface area contributed by atoms with Gasteiger partial charge in [0.2, 0.25) is 0 Å². The van der Waals surface area contributed by atoms with Gasteiger partial charge in [-0.2, -0.15) is 5.10 Å². The first-order valence-corrected chi connectivity index (χ1v) is 8.15. The fourth-order valence-electron chi connectivity index (χ4n) is 2.41. The van der Waals surface area contributed by atoms with Crippen LogP contribution in [0.15, 0.2) is 24.0 Å². The number of aromatic hydroxyl groups is 1. The number of H-pyrrole nitrogens is 1. The lowest BCUT2D eigenvalue weighted by molar-refractivity contribution is -0.123. The highest BCUT2D eigenvalue weighted by molar-refractivity contribution is 6.36. The monoisotopic (exact) mass is 406 g/mol. The topological polar surface area (TPSA) is 134 Å². The van der Waals surface area contributed by atoms with Gasteiger partial charge in [-0.15, -0.1) is 10.2 Å². The van der Waals surface area contributed by atoms with Crippen LogP contribution >= 0.6 is 23.2 Å². The summed E-state index contributed by atoms with van der Waals surface area (Å²) in [6.45, 7) is -0.338. The molecule has 0 saturated carbocycles. The maximum atomic E-state index is 12.5. The van der Waals surface area contributed by atoms with Gasteiger partial charge in [-0.1, -0.05) is 34.5 Å². The van der Waals surface area contributed by atoms with Crippen molar-refractivity contribution < 1.29 is 19.4 Å². The number of carbonyl (C=O) groups excluding carboxylic acids is 2. The molecule has 2 aromatic heterocycles. The van der Waals surface area contributed by atoms with Crippen molar-refractivity contribution in [3.05, 3.63) is 45.4 Å². The highest BCUT2D eigenvalue weighted by Gasteiger charge is 2.37. The van der Waals surface area contributed by atoms with Gasteiger partial charge in [-0.3, -0.25) is 9.89 Å². The third kappa shape index (κ3) is 3.04. The molecular weight excluding hydrogens is 399 g/mol. The summed E-state index contributed by atoms with van der Waals surface area (Å²) in [4.78, 5) is 25.3. The Hall–Kier alpha value is -3.24. The minimum atomic E-state index is -0.900. The molecule has 136 valence electrons. The Morgan fingerprint density at radius 3 is 2.85 bits per heavy atom. The summed E-state index contributed by atoms with van der Waals surface area (Å²) >= 11 is 11.5. The van der Waals surface area contributed by atoms with Crippen LogP contribution in [-0.2, 0) is 16.1 Å². The SMILES string of the molecule is O=C1O/C(=C\c2ccc3nn[nH]c3c2)C(=O)N1Cc1nnc(Cl)c(O)c1Cl. The van der Waals surface area contributed by atoms with E-state index in [1.807, 2.05) is 0 Å². The molecule has 12 heteroatoms. The molecule has 0 aliphatic carbocycles. The Labute approximate surface area is 160 Å². The number of fused-ring (bicyclic) bond motifs is 1. The summed E-state index contributed by atoms with van der Waals surface area (Å²) < 4.78 is 5.03. The van der Waals surface area contributed by atoms with Crippen molar-refractivity contribution in [2.45, 2.75) is 6.54 Å². The highest BCUT2D eigenvalue weighted by Crippen LogP contribution is 2.32. The number of halogens is 2. The normalized spacial score (nSPS) is 15.8. The van der Waals surface area contributed by atoms with E-state index in [1.165, 1.54) is 6.08 Å². The van der Waals surface area contributed by atoms with Crippen LogP contribution in [0, 0.1) is 0 Å². The molecule has 1 aliphatic heterocycles. The minimum Gasteiger partial charge on any atom is -0.504 e. The van der Waals surface area contributed by atoms with Gasteiger partial charge in [0, 0.05) is 0 Å². The van der Waals surface area contributed by atoms with E-state index in [0.717, 1.165) is 4.90 Å². The highest BCUT2D eigenvalue weighted by atomic mass is 35.5. The predicted molar refractivity (Wildman–Crippen MR) is 92.6 cm³/mol. The first kappa shape index (κ1) is 17.2. The Morgan fingerprint density at radius 1 is 1.22 bits per heavy atom. The number of rotatable bonds is 3. The van der Waals surface area contributed by atoms with Gasteiger partial charge in [-0.25, -0.2) is 9.69 Å². The first-order chi connectivity index (χ1) is 12.9. The number of aromatic amines is 1. The summed E-state index contributed by atoms with van der Waals surface area (Å²) in [5, 5.41) is 26.6. The molecule has 2 amide bonds. The van der Waals surface area contributed by atoms with Crippen molar-refractivity contribution in [1.82, 2.24) is 30.5 Å². The van der Waals surface area contributed by atoms with Crippen molar-refractivity contribution in [2.75, 3.05) is 0 Å². The van der Waals surface area contributed by atoms with E-state index in [1.54, 1.807) is 18.2 Å². The van der Waals surface area contributed by atoms with Gasteiger partial charge >= 0.3 is 6.09 Å². The van der Waals surface area contributed by atoms with E-state index in [9.17, 15) is 14.7 Å². The molecule has 3 aromatic rings. The van der Waals surface area contributed by atoms with Gasteiger partial charge < -0.3 is 9.84 Å². The molecule has 1 saturated heterocycles. The zero-order valence-corrected chi connectivity index (χ0v) is 14.7. The number of benzene rings is 1. The molecule has 3 heterocycles. The summed E-state index contributed by atoms with van der Waals surface area (Å²) in [5.41, 5.74) is 1.92. The zero-order valence-electron chi connectivity index (χ0n) is 13.2. The van der Waals surface area contributed by atoms with Gasteiger partial charge in [0.1, 0.15) is 16.2 Å². The molecule has 2 N–H and O–H groups in total. The fraction of sp³-hybridized carbons (Fsp3) is 0.0667. The lowest BCUT2D eigenvalue weighted by Crippen LogP contribution is -2.28. The Morgan fingerprint density at radius 2 is 2.04 bits per heavy atom. The number of nitrogens with zero attached hydrogens (tertiary/aromatic N) is 5. The number of hydrogen-bond acceptors (Lipinski definition) is 8. The van der Waals surface area contributed by atoms with Crippen LogP contribution < -0.4 is 0 Å². The fourth-order valence-corrected chi connectivity index (χ4v) is 2.78. The van der Waals surface area contributed by atoms with Crippen molar-refractivity contribution in [1.29, 1.82) is 0 Å². The lowest BCUT2D eigenvalue weighted by atomic mass is 10.1. The molecular formula is C15H8Cl2N6O4. The predicted octanol–water partition coefficient (Wildman–Crippen LogP) is 2.28. The molecule has 4 rings (SSSR count). The molecule has 0 bridgehead atoms. The van der Waals surface area contributed by atoms with Crippen LogP contribution in [0.5, 0.6) is 5.75 Å². The van der Waals surface area contributed by atoms with E-state index in [0.29, 0.717) is 16.6 Å². The number of ether oxygens (including phenoxy) is 1. The van der Waals surface area contributed by atoms with Gasteiger partial charge in [0.05, 0.1) is 12.1 Å². The van der Waals surface area contributed by atoms with Crippen LogP contribution in [0.3, 0.4) is 0 Å². The van der Waals surface area contributed by atoms with Crippen LogP contribution in [0.4, 0.5) is 4.79 Å². The number of nitrogens with one attached hydrogen (secondary N) is 1. The quantitative estimate of drug-likeness (QED) is 0.632. The first-order valence-electron chi connectivity index (χ1n) is 7.39. The second-order valence-electron chi connectivity index (χ2n) is 5.46. The van der Waals surface area contributed by atoms with E-state index < -0.39 is 17.7 Å². The van der Waals surface area contributed by atoms with Crippen LogP contribution in [0.25, 0.3) is 17.1 Å². The lowest BCUT2D eigenvalue weighted by Gasteiger charge is -2.11. The molecule has 27 heavy (non-hydrogen) atoms. The van der Waals surface area contributed by atoms with Crippen molar-refractivity contribution >= 4 is 52.3 Å². The second kappa shape index (κ2) is 6.49. The summed E-state index contributed by atoms with van der Waals surface area (Å²) in [6, 6.07) is 5.10. The molecule has 0 spiro atoms. The maximum absolute atomic E-state index is 12.5. The molecule has 0 atom stereocenters. The van der Waals surface area contributed by atoms with E-state index in [-0.39, 0.29) is 28.2 Å². The number of amides is 2. The molecule has 1 aliphatic rings. The Balaban J connectivity index is 1.61. The number of imide groups is 1. The van der Waals surface area contributed by atoms with E-state index in [2.05, 4.69) is 25.6 Å². The van der Waals surface area contributed by atoms with Crippen LogP contribution in [-0.4, -0.2) is 47.6 Å². The number of cyclic esters (lactones) is 1. The molecule has 1 aromatic carbocycles. The Kier molecular flexibility index (Phi) is 4.13. The average molecular weight is 407 g/mol. The summed E-state index contributed by atoms with van der Waals surface area (Å²) in [6.07, 6.45) is 0.510. The van der Waals surface area contributed by atoms with E-state index >= 15 is 0 Å². The standard InChI is InChI=1S/C15H8Cl2N6O4/c16-11-9(18-21-13(17)12(11)24)5-23-14(25)10(27-15(23)26)4-6-1-2-7-8(3-6)20-22-19-7/h1-4H,5H2,(H,18,24)(H,19,20,22)/b10-4-. The van der Waals surface area contributed by atoms with Crippen molar-refractivity contribution in [2.24, 2.45) is 0 Å². The molecule has 1 fully saturated rings. The minimum absolute atomic E-state index is 0.00456. The number of aromatic nitrogens is 5.